The van der Waals surface area contributed by atoms with Crippen molar-refractivity contribution in [2.75, 3.05) is 20.2 Å². The van der Waals surface area contributed by atoms with Crippen molar-refractivity contribution >= 4 is 5.97 Å². The van der Waals surface area contributed by atoms with Gasteiger partial charge in [-0.05, 0) is 43.5 Å². The quantitative estimate of drug-likeness (QED) is 0.771. The first-order valence-corrected chi connectivity index (χ1v) is 6.19. The Bertz CT molecular complexity index is 436. The molecule has 0 spiro atoms. The lowest BCUT2D eigenvalue weighted by Gasteiger charge is -2.21. The van der Waals surface area contributed by atoms with Crippen molar-refractivity contribution in [2.45, 2.75) is 25.3 Å². The molecule has 0 unspecified atom stereocenters. The van der Waals surface area contributed by atoms with Gasteiger partial charge in [-0.1, -0.05) is 12.1 Å². The molecule has 0 bridgehead atoms. The number of rotatable bonds is 3. The highest BCUT2D eigenvalue weighted by atomic mass is 19.1. The molecule has 18 heavy (non-hydrogen) atoms. The van der Waals surface area contributed by atoms with Crippen LogP contribution in [0.5, 0.6) is 0 Å². The van der Waals surface area contributed by atoms with E-state index >= 15 is 0 Å². The lowest BCUT2D eigenvalue weighted by molar-refractivity contribution is -0.145. The lowest BCUT2D eigenvalue weighted by atomic mass is 9.98. The number of hydrogen-bond acceptors (Lipinski definition) is 3. The Morgan fingerprint density at radius 3 is 3.00 bits per heavy atom. The van der Waals surface area contributed by atoms with E-state index in [4.69, 9.17) is 4.74 Å². The largest absolute Gasteiger partial charge is 0.468 e. The van der Waals surface area contributed by atoms with Gasteiger partial charge in [0.05, 0.1) is 7.11 Å². The van der Waals surface area contributed by atoms with Crippen LogP contribution >= 0.6 is 0 Å². The Labute approximate surface area is 107 Å². The van der Waals surface area contributed by atoms with E-state index in [0.29, 0.717) is 5.92 Å². The van der Waals surface area contributed by atoms with Gasteiger partial charge in [-0.25, -0.2) is 4.39 Å². The van der Waals surface area contributed by atoms with Crippen molar-refractivity contribution in [2.24, 2.45) is 0 Å². The number of methoxy groups -OCH3 is 1. The molecule has 2 atom stereocenters. The fourth-order valence-electron chi connectivity index (χ4n) is 2.49. The summed E-state index contributed by atoms with van der Waals surface area (Å²) in [4.78, 5) is 13.6. The number of likely N-dealkylation sites (tertiary alicyclic amines) is 1. The summed E-state index contributed by atoms with van der Waals surface area (Å²) in [7, 11) is 1.40. The average molecular weight is 251 g/mol. The van der Waals surface area contributed by atoms with Crippen LogP contribution in [0.2, 0.25) is 0 Å². The predicted molar refractivity (Wildman–Crippen MR) is 66.8 cm³/mol. The maximum atomic E-state index is 13.2. The van der Waals surface area contributed by atoms with E-state index < -0.39 is 0 Å². The van der Waals surface area contributed by atoms with E-state index in [2.05, 4.69) is 4.90 Å². The van der Waals surface area contributed by atoms with Crippen LogP contribution in [-0.4, -0.2) is 37.1 Å². The Kier molecular flexibility index (Phi) is 3.97. The van der Waals surface area contributed by atoms with E-state index in [1.807, 2.05) is 13.0 Å². The SMILES string of the molecule is COC(=O)[C@@H](C)N1CC[C@H](c2cccc(F)c2)C1. The third-order valence-electron chi connectivity index (χ3n) is 3.63. The number of carbonyl (C=O) groups is 1. The van der Waals surface area contributed by atoms with E-state index in [-0.39, 0.29) is 17.8 Å². The Morgan fingerprint density at radius 1 is 1.56 bits per heavy atom. The van der Waals surface area contributed by atoms with Gasteiger partial charge in [0.15, 0.2) is 0 Å². The third kappa shape index (κ3) is 2.70. The normalized spacial score (nSPS) is 21.8. The van der Waals surface area contributed by atoms with Crippen LogP contribution in [0.25, 0.3) is 0 Å². The summed E-state index contributed by atoms with van der Waals surface area (Å²) in [5.74, 6) is -0.116. The Hall–Kier alpha value is -1.42. The second kappa shape index (κ2) is 5.48. The van der Waals surface area contributed by atoms with Crippen LogP contribution in [0.4, 0.5) is 4.39 Å². The lowest BCUT2D eigenvalue weighted by Crippen LogP contribution is -2.37. The Balaban J connectivity index is 2.02. The fourth-order valence-corrected chi connectivity index (χ4v) is 2.49. The second-order valence-electron chi connectivity index (χ2n) is 4.73. The number of esters is 1. The second-order valence-corrected chi connectivity index (χ2v) is 4.73. The molecule has 98 valence electrons. The first-order chi connectivity index (χ1) is 8.61. The van der Waals surface area contributed by atoms with Crippen molar-refractivity contribution in [1.82, 2.24) is 4.90 Å². The number of nitrogens with zero attached hydrogens (tertiary/aromatic N) is 1. The first-order valence-electron chi connectivity index (χ1n) is 6.19. The van der Waals surface area contributed by atoms with Crippen LogP contribution < -0.4 is 0 Å². The molecule has 4 heteroatoms. The molecule has 1 aromatic carbocycles. The highest BCUT2D eigenvalue weighted by Gasteiger charge is 2.30. The number of ether oxygens (including phenoxy) is 1. The standard InChI is InChI=1S/C14H18FNO2/c1-10(14(17)18-2)16-7-6-12(9-16)11-4-3-5-13(15)8-11/h3-5,8,10,12H,6-7,9H2,1-2H3/t10-,12+/m1/s1. The maximum absolute atomic E-state index is 13.2. The van der Waals surface area contributed by atoms with Crippen LogP contribution in [0, 0.1) is 5.82 Å². The van der Waals surface area contributed by atoms with Gasteiger partial charge < -0.3 is 4.74 Å². The van der Waals surface area contributed by atoms with Crippen molar-refractivity contribution < 1.29 is 13.9 Å². The Morgan fingerprint density at radius 2 is 2.33 bits per heavy atom. The van der Waals surface area contributed by atoms with E-state index in [1.165, 1.54) is 13.2 Å². The maximum Gasteiger partial charge on any atom is 0.322 e. The molecule has 1 aliphatic heterocycles. The zero-order valence-electron chi connectivity index (χ0n) is 10.7. The van der Waals surface area contributed by atoms with E-state index in [0.717, 1.165) is 25.1 Å². The smallest absolute Gasteiger partial charge is 0.322 e. The summed E-state index contributed by atoms with van der Waals surface area (Å²) in [5, 5.41) is 0. The average Bonchev–Trinajstić information content (AvgIpc) is 2.86. The summed E-state index contributed by atoms with van der Waals surface area (Å²) < 4.78 is 17.9. The molecule has 0 N–H and O–H groups in total. The summed E-state index contributed by atoms with van der Waals surface area (Å²) >= 11 is 0. The monoisotopic (exact) mass is 251 g/mol. The molecule has 3 nitrogen and oxygen atoms in total. The van der Waals surface area contributed by atoms with Gasteiger partial charge in [0.1, 0.15) is 11.9 Å². The number of carbonyl (C=O) groups excluding carboxylic acids is 1. The van der Waals surface area contributed by atoms with Gasteiger partial charge in [0.25, 0.3) is 0 Å². The minimum absolute atomic E-state index is 0.202. The van der Waals surface area contributed by atoms with Gasteiger partial charge in [-0.15, -0.1) is 0 Å². The van der Waals surface area contributed by atoms with Crippen molar-refractivity contribution in [3.8, 4) is 0 Å². The van der Waals surface area contributed by atoms with Crippen molar-refractivity contribution in [3.63, 3.8) is 0 Å². The van der Waals surface area contributed by atoms with Gasteiger partial charge >= 0.3 is 5.97 Å². The molecule has 2 rings (SSSR count). The van der Waals surface area contributed by atoms with E-state index in [9.17, 15) is 9.18 Å². The highest BCUT2D eigenvalue weighted by molar-refractivity contribution is 5.75. The zero-order chi connectivity index (χ0) is 13.1. The summed E-state index contributed by atoms with van der Waals surface area (Å²) in [6.07, 6.45) is 0.949. The van der Waals surface area contributed by atoms with Crippen LogP contribution in [0.1, 0.15) is 24.8 Å². The van der Waals surface area contributed by atoms with Gasteiger partial charge in [-0.2, -0.15) is 0 Å². The van der Waals surface area contributed by atoms with Gasteiger partial charge in [0, 0.05) is 6.54 Å². The summed E-state index contributed by atoms with van der Waals surface area (Å²) in [6.45, 7) is 3.47. The predicted octanol–water partition coefficient (Wildman–Crippen LogP) is 2.18. The number of halogens is 1. The van der Waals surface area contributed by atoms with Crippen molar-refractivity contribution in [1.29, 1.82) is 0 Å². The molecule has 0 aromatic heterocycles. The van der Waals surface area contributed by atoms with Crippen LogP contribution in [-0.2, 0) is 9.53 Å². The minimum Gasteiger partial charge on any atom is -0.468 e. The molecule has 0 radical (unpaired) electrons. The summed E-state index contributed by atoms with van der Waals surface area (Å²) in [5.41, 5.74) is 1.01. The molecule has 0 aliphatic carbocycles. The molecular formula is C14H18FNO2. The molecule has 0 saturated carbocycles. The number of benzene rings is 1. The first kappa shape index (κ1) is 13.0. The fraction of sp³-hybridized carbons (Fsp3) is 0.500. The van der Waals surface area contributed by atoms with Crippen LogP contribution in [0.3, 0.4) is 0 Å². The minimum atomic E-state index is -0.228. The van der Waals surface area contributed by atoms with Gasteiger partial charge in [-0.3, -0.25) is 9.69 Å². The van der Waals surface area contributed by atoms with E-state index in [1.54, 1.807) is 12.1 Å². The molecule has 1 heterocycles. The highest BCUT2D eigenvalue weighted by Crippen LogP contribution is 2.28. The van der Waals surface area contributed by atoms with Crippen molar-refractivity contribution in [3.05, 3.63) is 35.6 Å². The third-order valence-corrected chi connectivity index (χ3v) is 3.63. The molecule has 0 amide bonds. The molecular weight excluding hydrogens is 233 g/mol. The van der Waals surface area contributed by atoms with Gasteiger partial charge in [0.2, 0.25) is 0 Å². The molecule has 1 aliphatic rings. The summed E-state index contributed by atoms with van der Waals surface area (Å²) in [6, 6.07) is 6.48. The number of hydrogen-bond donors (Lipinski definition) is 0. The molecule has 1 aromatic rings. The zero-order valence-corrected chi connectivity index (χ0v) is 10.7. The topological polar surface area (TPSA) is 29.5 Å². The molecule has 1 fully saturated rings. The molecule has 1 saturated heterocycles. The van der Waals surface area contributed by atoms with Crippen LogP contribution in [0.15, 0.2) is 24.3 Å².